The van der Waals surface area contributed by atoms with E-state index in [9.17, 15) is 0 Å². The van der Waals surface area contributed by atoms with Crippen LogP contribution in [0.25, 0.3) is 0 Å². The Kier molecular flexibility index (Phi) is 6.68. The molecule has 1 aromatic heterocycles. The second kappa shape index (κ2) is 8.52. The van der Waals surface area contributed by atoms with Gasteiger partial charge in [0.2, 0.25) is 0 Å². The van der Waals surface area contributed by atoms with Crippen molar-refractivity contribution in [3.05, 3.63) is 63.3 Å². The van der Waals surface area contributed by atoms with Gasteiger partial charge in [0.05, 0.1) is 0 Å². The van der Waals surface area contributed by atoms with Gasteiger partial charge in [0.1, 0.15) is 0 Å². The fourth-order valence-corrected chi connectivity index (χ4v) is 2.96. The van der Waals surface area contributed by atoms with Gasteiger partial charge in [-0.15, -0.1) is 0 Å². The van der Waals surface area contributed by atoms with E-state index in [0.29, 0.717) is 5.92 Å². The highest BCUT2D eigenvalue weighted by Gasteiger charge is 2.11. The summed E-state index contributed by atoms with van der Waals surface area (Å²) in [5, 5.41) is 4.25. The Hall–Kier alpha value is -0.900. The lowest BCUT2D eigenvalue weighted by molar-refractivity contribution is 0.477. The molecule has 0 saturated heterocycles. The number of hydrogen-bond acceptors (Lipinski definition) is 2. The van der Waals surface area contributed by atoms with E-state index < -0.39 is 0 Å². The molecule has 1 atom stereocenters. The summed E-state index contributed by atoms with van der Waals surface area (Å²) in [6.45, 7) is 4.14. The molecule has 0 spiro atoms. The number of halogens is 2. The maximum Gasteiger partial charge on any atom is 0.0410 e. The van der Waals surface area contributed by atoms with E-state index in [1.807, 2.05) is 24.5 Å². The molecule has 0 saturated carbocycles. The first-order valence-electron chi connectivity index (χ1n) is 7.22. The number of benzene rings is 1. The van der Waals surface area contributed by atoms with Gasteiger partial charge < -0.3 is 5.32 Å². The summed E-state index contributed by atoms with van der Waals surface area (Å²) in [6, 6.07) is 10.3. The van der Waals surface area contributed by atoms with E-state index in [4.69, 9.17) is 11.6 Å². The van der Waals surface area contributed by atoms with Crippen molar-refractivity contribution in [2.45, 2.75) is 19.8 Å². The first-order valence-corrected chi connectivity index (χ1v) is 8.39. The van der Waals surface area contributed by atoms with Crippen molar-refractivity contribution in [3.8, 4) is 0 Å². The van der Waals surface area contributed by atoms with Crippen LogP contribution in [0.2, 0.25) is 5.02 Å². The third kappa shape index (κ3) is 5.77. The zero-order valence-corrected chi connectivity index (χ0v) is 14.5. The fourth-order valence-electron chi connectivity index (χ4n) is 2.42. The first-order chi connectivity index (χ1) is 10.2. The first kappa shape index (κ1) is 16.5. The van der Waals surface area contributed by atoms with Crippen molar-refractivity contribution >= 4 is 27.5 Å². The predicted molar refractivity (Wildman–Crippen MR) is 92.8 cm³/mol. The largest absolute Gasteiger partial charge is 0.317 e. The van der Waals surface area contributed by atoms with Crippen LogP contribution in [0.1, 0.15) is 18.1 Å². The monoisotopic (exact) mass is 366 g/mol. The third-order valence-corrected chi connectivity index (χ3v) is 4.09. The van der Waals surface area contributed by atoms with E-state index in [1.165, 1.54) is 11.1 Å². The predicted octanol–water partition coefficient (Wildman–Crippen LogP) is 4.51. The average molecular weight is 368 g/mol. The van der Waals surface area contributed by atoms with Crippen LogP contribution < -0.4 is 5.32 Å². The van der Waals surface area contributed by atoms with Crippen molar-refractivity contribution in [2.75, 3.05) is 13.1 Å². The van der Waals surface area contributed by atoms with Crippen LogP contribution in [0.3, 0.4) is 0 Å². The van der Waals surface area contributed by atoms with Crippen LogP contribution in [-0.2, 0) is 12.8 Å². The molecule has 0 aliphatic carbocycles. The Morgan fingerprint density at radius 1 is 1.14 bits per heavy atom. The average Bonchev–Trinajstić information content (AvgIpc) is 2.47. The van der Waals surface area contributed by atoms with E-state index in [1.54, 1.807) is 0 Å². The summed E-state index contributed by atoms with van der Waals surface area (Å²) >= 11 is 9.44. The molecular formula is C17H20BrClN2. The topological polar surface area (TPSA) is 24.9 Å². The van der Waals surface area contributed by atoms with Crippen molar-refractivity contribution in [3.63, 3.8) is 0 Å². The molecule has 4 heteroatoms. The third-order valence-electron chi connectivity index (χ3n) is 3.41. The SMILES string of the molecule is CCNCC(Cc1ccc(Cl)cc1)Cc1cncc(Br)c1. The minimum absolute atomic E-state index is 0.544. The zero-order chi connectivity index (χ0) is 15.1. The molecule has 2 aromatic rings. The fraction of sp³-hybridized carbons (Fsp3) is 0.353. The van der Waals surface area contributed by atoms with Gasteiger partial charge in [-0.2, -0.15) is 0 Å². The molecule has 0 fully saturated rings. The molecule has 0 radical (unpaired) electrons. The van der Waals surface area contributed by atoms with Gasteiger partial charge in [0, 0.05) is 21.9 Å². The molecule has 0 aliphatic rings. The smallest absolute Gasteiger partial charge is 0.0410 e. The molecule has 1 heterocycles. The molecule has 0 aliphatic heterocycles. The van der Waals surface area contributed by atoms with Gasteiger partial charge in [-0.05, 0) is 77.1 Å². The Morgan fingerprint density at radius 2 is 1.86 bits per heavy atom. The Bertz CT molecular complexity index is 557. The molecule has 112 valence electrons. The van der Waals surface area contributed by atoms with E-state index in [-0.39, 0.29) is 0 Å². The van der Waals surface area contributed by atoms with Crippen LogP contribution >= 0.6 is 27.5 Å². The molecule has 2 nitrogen and oxygen atoms in total. The van der Waals surface area contributed by atoms with Gasteiger partial charge >= 0.3 is 0 Å². The number of hydrogen-bond donors (Lipinski definition) is 1. The summed E-state index contributed by atoms with van der Waals surface area (Å²) in [7, 11) is 0. The molecule has 0 bridgehead atoms. The van der Waals surface area contributed by atoms with E-state index >= 15 is 0 Å². The number of nitrogens with zero attached hydrogens (tertiary/aromatic N) is 1. The van der Waals surface area contributed by atoms with Crippen molar-refractivity contribution in [1.29, 1.82) is 0 Å². The van der Waals surface area contributed by atoms with Crippen LogP contribution in [0, 0.1) is 5.92 Å². The summed E-state index contributed by atoms with van der Waals surface area (Å²) in [6.07, 6.45) is 5.83. The molecule has 1 aromatic carbocycles. The number of aromatic nitrogens is 1. The Morgan fingerprint density at radius 3 is 2.52 bits per heavy atom. The van der Waals surface area contributed by atoms with Gasteiger partial charge in [0.25, 0.3) is 0 Å². The van der Waals surface area contributed by atoms with Crippen molar-refractivity contribution < 1.29 is 0 Å². The highest BCUT2D eigenvalue weighted by molar-refractivity contribution is 9.10. The summed E-state index contributed by atoms with van der Waals surface area (Å²) in [4.78, 5) is 4.25. The van der Waals surface area contributed by atoms with Crippen molar-refractivity contribution in [1.82, 2.24) is 10.3 Å². The van der Waals surface area contributed by atoms with Crippen LogP contribution in [0.4, 0.5) is 0 Å². The standard InChI is InChI=1S/C17H20BrClN2/c1-2-20-10-14(7-13-3-5-17(19)6-4-13)8-15-9-16(18)12-21-11-15/h3-6,9,11-12,14,20H,2,7-8,10H2,1H3. The molecule has 0 amide bonds. The van der Waals surface area contributed by atoms with Crippen LogP contribution in [-0.4, -0.2) is 18.1 Å². The lowest BCUT2D eigenvalue weighted by Gasteiger charge is -2.17. The van der Waals surface area contributed by atoms with Gasteiger partial charge in [-0.25, -0.2) is 0 Å². The second-order valence-electron chi connectivity index (χ2n) is 5.22. The normalized spacial score (nSPS) is 12.3. The van der Waals surface area contributed by atoms with Crippen LogP contribution in [0.5, 0.6) is 0 Å². The maximum absolute atomic E-state index is 5.95. The van der Waals surface area contributed by atoms with Crippen LogP contribution in [0.15, 0.2) is 47.2 Å². The molecular weight excluding hydrogens is 348 g/mol. The Labute approximate surface area is 140 Å². The number of rotatable bonds is 7. The number of pyridine rings is 1. The molecule has 1 N–H and O–H groups in total. The lowest BCUT2D eigenvalue weighted by atomic mass is 9.93. The summed E-state index contributed by atoms with van der Waals surface area (Å²) in [5.41, 5.74) is 2.59. The summed E-state index contributed by atoms with van der Waals surface area (Å²) in [5.74, 6) is 0.544. The van der Waals surface area contributed by atoms with E-state index in [0.717, 1.165) is 35.4 Å². The molecule has 2 rings (SSSR count). The quantitative estimate of drug-likeness (QED) is 0.779. The summed E-state index contributed by atoms with van der Waals surface area (Å²) < 4.78 is 1.04. The second-order valence-corrected chi connectivity index (χ2v) is 6.57. The molecule has 21 heavy (non-hydrogen) atoms. The van der Waals surface area contributed by atoms with Gasteiger partial charge in [-0.3, -0.25) is 4.98 Å². The van der Waals surface area contributed by atoms with Crippen molar-refractivity contribution in [2.24, 2.45) is 5.92 Å². The minimum Gasteiger partial charge on any atom is -0.317 e. The minimum atomic E-state index is 0.544. The highest BCUT2D eigenvalue weighted by Crippen LogP contribution is 2.18. The zero-order valence-electron chi connectivity index (χ0n) is 12.2. The van der Waals surface area contributed by atoms with E-state index in [2.05, 4.69) is 51.4 Å². The van der Waals surface area contributed by atoms with Gasteiger partial charge in [0.15, 0.2) is 0 Å². The molecule has 1 unspecified atom stereocenters. The maximum atomic E-state index is 5.95. The van der Waals surface area contributed by atoms with Gasteiger partial charge in [-0.1, -0.05) is 30.7 Å². The number of nitrogens with one attached hydrogen (secondary N) is 1. The highest BCUT2D eigenvalue weighted by atomic mass is 79.9. The lowest BCUT2D eigenvalue weighted by Crippen LogP contribution is -2.25. The Balaban J connectivity index is 2.04.